The Bertz CT molecular complexity index is 4920. The van der Waals surface area contributed by atoms with Crippen LogP contribution >= 0.6 is 34.8 Å². The van der Waals surface area contributed by atoms with Crippen LogP contribution in [0.5, 0.6) is 0 Å². The predicted octanol–water partition coefficient (Wildman–Crippen LogP) is 7.90. The molecule has 9 aromatic heterocycles. The Morgan fingerprint density at radius 2 is 0.757 bits per heavy atom. The van der Waals surface area contributed by atoms with Crippen LogP contribution < -0.4 is 52.0 Å². The molecule has 0 atom stereocenters. The number of fused-ring (bicyclic) bond motifs is 3. The summed E-state index contributed by atoms with van der Waals surface area (Å²) in [6.45, 7) is 12.2. The summed E-state index contributed by atoms with van der Waals surface area (Å²) in [5, 5.41) is 32.3. The minimum Gasteiger partial charge on any atom is -1.00 e. The molecule has 0 aliphatic rings. The van der Waals surface area contributed by atoms with E-state index in [9.17, 15) is 29.4 Å². The van der Waals surface area contributed by atoms with Crippen molar-refractivity contribution in [2.75, 3.05) is 24.3 Å². The monoisotopic (exact) mass is 1450 g/mol. The molecule has 0 radical (unpaired) electrons. The number of nitrogen functional groups attached to an aromatic ring is 3. The number of rotatable bonds is 18. The molecule has 0 aliphatic heterocycles. The van der Waals surface area contributed by atoms with Gasteiger partial charge in [0.15, 0.2) is 17.4 Å². The average Bonchev–Trinajstić information content (AvgIpc) is 0.808. The number of ether oxygens (including phenoxy) is 1. The molecule has 0 saturated carbocycles. The number of methoxy groups -OCH3 is 1. The third-order valence-corrected chi connectivity index (χ3v) is 17.3. The number of aliphatic hydroxyl groups excluding tert-OH is 2. The first-order valence-corrected chi connectivity index (χ1v) is 33.0. The van der Waals surface area contributed by atoms with Gasteiger partial charge in [-0.15, -0.1) is 0 Å². The van der Waals surface area contributed by atoms with Crippen molar-refractivity contribution in [2.24, 2.45) is 0 Å². The number of nitrogens with zero attached hydrogens (tertiary/aromatic N) is 9. The molecular formula is C76H76AlCl3LiN15O7. The van der Waals surface area contributed by atoms with Crippen LogP contribution in [0.4, 0.5) is 17.5 Å². The molecule has 27 heteroatoms. The minimum absolute atomic E-state index is 0. The molecular weight excluding hydrogens is 1380 g/mol. The smallest absolute Gasteiger partial charge is 1.00 e. The number of pyridine rings is 9. The fourth-order valence-corrected chi connectivity index (χ4v) is 12.4. The second-order valence-electron chi connectivity index (χ2n) is 24.1. The zero-order valence-corrected chi connectivity index (χ0v) is 59.6. The average molecular weight is 1450 g/mol. The van der Waals surface area contributed by atoms with E-state index in [1.807, 2.05) is 84.0 Å². The van der Waals surface area contributed by atoms with Crippen molar-refractivity contribution in [2.45, 2.75) is 93.7 Å². The van der Waals surface area contributed by atoms with Gasteiger partial charge in [0, 0.05) is 154 Å². The molecule has 0 spiro atoms. The number of carbonyl (C=O) groups excluding carboxylic acids is 4. The fraction of sp³-hybridized carbons (Fsp3) is 0.197. The van der Waals surface area contributed by atoms with Crippen LogP contribution in [-0.2, 0) is 56.8 Å². The summed E-state index contributed by atoms with van der Waals surface area (Å²) in [5.41, 5.74) is 35.6. The summed E-state index contributed by atoms with van der Waals surface area (Å²) in [4.78, 5) is 89.7. The Labute approximate surface area is 633 Å². The van der Waals surface area contributed by atoms with Gasteiger partial charge in [0.05, 0.1) is 57.5 Å². The van der Waals surface area contributed by atoms with Crippen LogP contribution in [-0.4, -0.2) is 103 Å². The number of benzene rings is 3. The number of esters is 1. The van der Waals surface area contributed by atoms with Crippen molar-refractivity contribution in [1.29, 1.82) is 0 Å². The quantitative estimate of drug-likeness (QED) is 0.0299. The van der Waals surface area contributed by atoms with Gasteiger partial charge in [0.1, 0.15) is 17.5 Å². The standard InChI is InChI=1S/C26H24ClN5O3.2C25H24ClN5O2.Al.Li.4H/c1-14-6-23(28)32-15(2)22(14)13-31-25(33)17-4-5-29-20(11-17)8-16-7-18-10-19(27)12-30-24(18)21(9-16)26(34)35-3;2*1-14-5-23(27)31-15(2)22(14)12-30-25(33)17-3-4-28-21(10-17)8-16-6-18-9-20(26)11-29-24(18)19(7-16)13-32;;;;;;/h4-7,9-12H,8,13H2,1-3H3,(H2,28,32)(H,31,33);2*3-7,9-11,32H,8,12-13H2,1-2H3,(H2,27,31)(H,30,33);;;;;;/q;;;;+1;;;;-1. The van der Waals surface area contributed by atoms with E-state index in [0.717, 1.165) is 111 Å². The predicted molar refractivity (Wildman–Crippen MR) is 404 cm³/mol. The maximum atomic E-state index is 12.8. The summed E-state index contributed by atoms with van der Waals surface area (Å²) in [5.74, 6) is 0.282. The van der Waals surface area contributed by atoms with Crippen LogP contribution in [0.15, 0.2) is 146 Å². The van der Waals surface area contributed by atoms with Crippen LogP contribution in [0.25, 0.3) is 32.7 Å². The second kappa shape index (κ2) is 35.7. The van der Waals surface area contributed by atoms with Crippen molar-refractivity contribution in [3.8, 4) is 0 Å². The van der Waals surface area contributed by atoms with Crippen molar-refractivity contribution in [3.05, 3.63) is 279 Å². The van der Waals surface area contributed by atoms with Crippen LogP contribution in [0.2, 0.25) is 15.1 Å². The van der Waals surface area contributed by atoms with E-state index in [2.05, 4.69) is 60.8 Å². The van der Waals surface area contributed by atoms with Crippen molar-refractivity contribution in [3.63, 3.8) is 0 Å². The van der Waals surface area contributed by atoms with Crippen molar-refractivity contribution < 1.29 is 54.4 Å². The number of nitrogens with one attached hydrogen (secondary N) is 3. The molecule has 522 valence electrons. The number of hydrogen-bond donors (Lipinski definition) is 8. The van der Waals surface area contributed by atoms with E-state index in [0.29, 0.717) is 110 Å². The Morgan fingerprint density at radius 3 is 1.07 bits per heavy atom. The molecule has 0 aliphatic carbocycles. The van der Waals surface area contributed by atoms with E-state index in [4.69, 9.17) is 56.7 Å². The van der Waals surface area contributed by atoms with E-state index in [-0.39, 0.29) is 68.6 Å². The van der Waals surface area contributed by atoms with Crippen molar-refractivity contribution in [1.82, 2.24) is 60.8 Å². The largest absolute Gasteiger partial charge is 1.00 e. The molecule has 0 saturated heterocycles. The molecule has 12 rings (SSSR count). The Hall–Kier alpha value is -10.0. The topological polar surface area (TPSA) is 348 Å². The molecule has 0 unspecified atom stereocenters. The normalized spacial score (nSPS) is 10.8. The van der Waals surface area contributed by atoms with Gasteiger partial charge in [0.2, 0.25) is 0 Å². The Balaban J connectivity index is 0.000000215. The third-order valence-electron chi connectivity index (χ3n) is 16.7. The summed E-state index contributed by atoms with van der Waals surface area (Å²) >= 11 is 18.3. The molecule has 103 heavy (non-hydrogen) atoms. The summed E-state index contributed by atoms with van der Waals surface area (Å²) < 4.78 is 4.93. The fourth-order valence-electron chi connectivity index (χ4n) is 11.9. The summed E-state index contributed by atoms with van der Waals surface area (Å²) in [7, 11) is 1.32. The molecule has 0 fully saturated rings. The zero-order valence-electron chi connectivity index (χ0n) is 58.3. The molecule has 0 bridgehead atoms. The number of aryl methyl sites for hydroxylation is 6. The molecule has 3 aromatic carbocycles. The number of amides is 3. The van der Waals surface area contributed by atoms with E-state index < -0.39 is 5.97 Å². The molecule has 12 aromatic rings. The third kappa shape index (κ3) is 20.2. The van der Waals surface area contributed by atoms with Gasteiger partial charge in [-0.05, 0) is 189 Å². The molecule has 3 amide bonds. The number of aromatic nitrogens is 9. The summed E-state index contributed by atoms with van der Waals surface area (Å²) in [6, 6.07) is 32.4. The number of carbonyl (C=O) groups is 4. The van der Waals surface area contributed by atoms with Crippen LogP contribution in [0.1, 0.15) is 138 Å². The number of hydrogen-bond acceptors (Lipinski definition) is 19. The SMILES string of the molecule is COC(=O)c1cc(Cc2cc(C(=O)NCc3c(C)cc(N)nc3C)ccn2)cc2cc(Cl)cnc12.Cc1cc(N)nc(C)c1CNC(=O)c1ccnc(Cc2cc(CO)c3ncc(Cl)cc3c2)c1.Cc1cc(N)nc(C)c1CNC(=O)c1ccnc(Cc2cc(CO)c3ncc(Cl)cc3c2)c1.[AlH3].[H-].[Li+]. The number of nitrogens with two attached hydrogens (primary N) is 3. The van der Waals surface area contributed by atoms with Gasteiger partial charge in [-0.3, -0.25) is 44.3 Å². The first-order chi connectivity index (χ1) is 48.4. The van der Waals surface area contributed by atoms with Gasteiger partial charge in [-0.2, -0.15) is 0 Å². The van der Waals surface area contributed by atoms with E-state index >= 15 is 0 Å². The van der Waals surface area contributed by atoms with Crippen LogP contribution in [0, 0.1) is 41.5 Å². The maximum absolute atomic E-state index is 12.8. The van der Waals surface area contributed by atoms with E-state index in [1.165, 1.54) is 13.3 Å². The minimum atomic E-state index is -0.490. The van der Waals surface area contributed by atoms with E-state index in [1.54, 1.807) is 97.7 Å². The number of anilines is 3. The van der Waals surface area contributed by atoms with Gasteiger partial charge in [-0.1, -0.05) is 46.9 Å². The van der Waals surface area contributed by atoms with Gasteiger partial charge in [0.25, 0.3) is 17.7 Å². The number of aliphatic hydroxyl groups is 2. The van der Waals surface area contributed by atoms with Crippen LogP contribution in [0.3, 0.4) is 0 Å². The first-order valence-electron chi connectivity index (χ1n) is 31.8. The zero-order chi connectivity index (χ0) is 72.2. The molecule has 22 nitrogen and oxygen atoms in total. The van der Waals surface area contributed by atoms with Gasteiger partial charge < -0.3 is 49.5 Å². The number of halogens is 3. The summed E-state index contributed by atoms with van der Waals surface area (Å²) in [6.07, 6.45) is 10.8. The second-order valence-corrected chi connectivity index (χ2v) is 25.4. The first kappa shape index (κ1) is 78.7. The molecule has 9 heterocycles. The maximum Gasteiger partial charge on any atom is 1.00 e. The Kier molecular flexibility index (Phi) is 27.3. The Morgan fingerprint density at radius 1 is 0.447 bits per heavy atom. The van der Waals surface area contributed by atoms with Gasteiger partial charge in [-0.25, -0.2) is 19.7 Å². The molecule has 11 N–H and O–H groups in total. The van der Waals surface area contributed by atoms with Gasteiger partial charge >= 0.3 is 24.8 Å². The van der Waals surface area contributed by atoms with Crippen molar-refractivity contribution >= 4 is 126 Å².